The largest absolute Gasteiger partial charge is 0.480 e. The molecule has 35 heavy (non-hydrogen) atoms. The van der Waals surface area contributed by atoms with Crippen LogP contribution in [0.25, 0.3) is 11.1 Å². The number of amides is 2. The number of hydrogen-bond donors (Lipinski definition) is 3. The van der Waals surface area contributed by atoms with E-state index in [1.165, 1.54) is 7.11 Å². The molecule has 0 aromatic heterocycles. The summed E-state index contributed by atoms with van der Waals surface area (Å²) >= 11 is 1.76. The highest BCUT2D eigenvalue weighted by atomic mass is 32.2. The molecule has 0 radical (unpaired) electrons. The van der Waals surface area contributed by atoms with Crippen LogP contribution in [-0.4, -0.2) is 66.5 Å². The van der Waals surface area contributed by atoms with Crippen LogP contribution in [0.3, 0.4) is 0 Å². The summed E-state index contributed by atoms with van der Waals surface area (Å²) in [6.45, 7) is 0.0511. The summed E-state index contributed by atoms with van der Waals surface area (Å²) in [7, 11) is 1.38. The molecule has 8 nitrogen and oxygen atoms in total. The highest BCUT2D eigenvalue weighted by molar-refractivity contribution is 7.99. The normalized spacial score (nSPS) is 17.1. The molecule has 1 aliphatic heterocycles. The fraction of sp³-hybridized carbons (Fsp3) is 0.423. The summed E-state index contributed by atoms with van der Waals surface area (Å²) in [5.41, 5.74) is 3.77. The van der Waals surface area contributed by atoms with Crippen molar-refractivity contribution in [3.8, 4) is 11.1 Å². The Labute approximate surface area is 208 Å². The van der Waals surface area contributed by atoms with Crippen molar-refractivity contribution < 1.29 is 29.0 Å². The molecular weight excluding hydrogens is 468 g/mol. The first kappa shape index (κ1) is 25.1. The lowest BCUT2D eigenvalue weighted by Gasteiger charge is -2.37. The number of carbonyl (C=O) groups excluding carboxylic acids is 2. The Bertz CT molecular complexity index is 1040. The number of methoxy groups -OCH3 is 1. The fourth-order valence-electron chi connectivity index (χ4n) is 4.85. The Balaban J connectivity index is 1.41. The van der Waals surface area contributed by atoms with Crippen LogP contribution in [-0.2, 0) is 19.1 Å². The first-order chi connectivity index (χ1) is 16.9. The van der Waals surface area contributed by atoms with Gasteiger partial charge in [-0.15, -0.1) is 0 Å². The first-order valence-corrected chi connectivity index (χ1v) is 12.8. The minimum Gasteiger partial charge on any atom is -0.480 e. The van der Waals surface area contributed by atoms with Gasteiger partial charge >= 0.3 is 12.1 Å². The Morgan fingerprint density at radius 3 is 2.23 bits per heavy atom. The summed E-state index contributed by atoms with van der Waals surface area (Å²) in [5, 5.41) is 14.7. The van der Waals surface area contributed by atoms with Crippen LogP contribution in [0.1, 0.15) is 36.3 Å². The van der Waals surface area contributed by atoms with E-state index in [0.717, 1.165) is 33.8 Å². The van der Waals surface area contributed by atoms with E-state index in [1.54, 1.807) is 11.8 Å². The monoisotopic (exact) mass is 498 g/mol. The third kappa shape index (κ3) is 5.79. The Kier molecular flexibility index (Phi) is 7.97. The predicted molar refractivity (Wildman–Crippen MR) is 134 cm³/mol. The molecule has 186 valence electrons. The smallest absolute Gasteiger partial charge is 0.407 e. The van der Waals surface area contributed by atoms with Crippen molar-refractivity contribution in [2.75, 3.05) is 31.8 Å². The number of alkyl carbamates (subject to hydrolysis) is 1. The quantitative estimate of drug-likeness (QED) is 0.486. The van der Waals surface area contributed by atoms with Crippen molar-refractivity contribution in [3.05, 3.63) is 59.7 Å². The van der Waals surface area contributed by atoms with Gasteiger partial charge in [-0.3, -0.25) is 4.79 Å². The second-order valence-electron chi connectivity index (χ2n) is 8.93. The van der Waals surface area contributed by atoms with Gasteiger partial charge in [-0.2, -0.15) is 11.8 Å². The molecular formula is C26H30N2O6S. The molecule has 1 fully saturated rings. The van der Waals surface area contributed by atoms with Gasteiger partial charge in [0.15, 0.2) is 6.04 Å². The summed E-state index contributed by atoms with van der Waals surface area (Å²) in [4.78, 5) is 37.0. The van der Waals surface area contributed by atoms with E-state index < -0.39 is 29.6 Å². The van der Waals surface area contributed by atoms with Crippen LogP contribution in [0.5, 0.6) is 0 Å². The summed E-state index contributed by atoms with van der Waals surface area (Å²) in [5.74, 6) is -0.0905. The minimum absolute atomic E-state index is 0.0226. The molecule has 1 atom stereocenters. The zero-order valence-electron chi connectivity index (χ0n) is 19.6. The van der Waals surface area contributed by atoms with Crippen molar-refractivity contribution in [3.63, 3.8) is 0 Å². The molecule has 2 aromatic carbocycles. The van der Waals surface area contributed by atoms with Crippen LogP contribution in [0.4, 0.5) is 4.79 Å². The van der Waals surface area contributed by atoms with E-state index in [1.807, 2.05) is 24.3 Å². The number of fused-ring (bicyclic) bond motifs is 3. The van der Waals surface area contributed by atoms with E-state index >= 15 is 0 Å². The molecule has 2 aliphatic rings. The maximum absolute atomic E-state index is 12.9. The minimum atomic E-state index is -1.17. The topological polar surface area (TPSA) is 114 Å². The van der Waals surface area contributed by atoms with Crippen molar-refractivity contribution in [2.45, 2.75) is 36.8 Å². The number of nitrogens with one attached hydrogen (secondary N) is 2. The number of rotatable bonds is 9. The molecule has 0 saturated carbocycles. The summed E-state index contributed by atoms with van der Waals surface area (Å²) < 4.78 is 10.6. The first-order valence-electron chi connectivity index (χ1n) is 11.6. The number of hydrogen-bond acceptors (Lipinski definition) is 6. The number of aliphatic carboxylic acids is 1. The Morgan fingerprint density at radius 2 is 1.66 bits per heavy atom. The van der Waals surface area contributed by atoms with Gasteiger partial charge in [0.05, 0.1) is 12.1 Å². The highest BCUT2D eigenvalue weighted by Gasteiger charge is 2.38. The average Bonchev–Trinajstić information content (AvgIpc) is 3.16. The van der Waals surface area contributed by atoms with Gasteiger partial charge in [0.25, 0.3) is 0 Å². The third-order valence-electron chi connectivity index (χ3n) is 6.63. The predicted octanol–water partition coefficient (Wildman–Crippen LogP) is 3.40. The van der Waals surface area contributed by atoms with Crippen LogP contribution in [0, 0.1) is 0 Å². The number of ether oxygens (including phenoxy) is 2. The molecule has 1 aliphatic carbocycles. The van der Waals surface area contributed by atoms with Crippen molar-refractivity contribution in [1.29, 1.82) is 0 Å². The molecule has 1 saturated heterocycles. The van der Waals surface area contributed by atoms with Crippen molar-refractivity contribution >= 4 is 29.7 Å². The van der Waals surface area contributed by atoms with Gasteiger partial charge in [0.2, 0.25) is 5.91 Å². The van der Waals surface area contributed by atoms with Crippen LogP contribution in [0.2, 0.25) is 0 Å². The lowest BCUT2D eigenvalue weighted by Crippen LogP contribution is -2.55. The fourth-order valence-corrected chi connectivity index (χ4v) is 6.13. The Morgan fingerprint density at radius 1 is 1.06 bits per heavy atom. The average molecular weight is 499 g/mol. The highest BCUT2D eigenvalue weighted by Crippen LogP contribution is 2.44. The van der Waals surface area contributed by atoms with Crippen molar-refractivity contribution in [2.24, 2.45) is 0 Å². The van der Waals surface area contributed by atoms with Crippen molar-refractivity contribution in [1.82, 2.24) is 10.6 Å². The molecule has 4 rings (SSSR count). The standard InChI is InChI=1S/C26H30N2O6S/c1-33-16-22(24(30)31)27-23(29)14-26(10-12-35-13-11-26)28-25(32)34-15-21-19-8-4-2-6-17(19)18-7-3-5-9-20(18)21/h2-9,21-22H,10-16H2,1H3,(H,27,29)(H,28,32)(H,30,31)/t22-/m0/s1. The van der Waals surface area contributed by atoms with E-state index in [4.69, 9.17) is 9.47 Å². The van der Waals surface area contributed by atoms with Gasteiger partial charge in [-0.1, -0.05) is 48.5 Å². The molecule has 0 bridgehead atoms. The second-order valence-corrected chi connectivity index (χ2v) is 10.2. The van der Waals surface area contributed by atoms with Crippen LogP contribution >= 0.6 is 11.8 Å². The zero-order chi connectivity index (χ0) is 24.8. The van der Waals surface area contributed by atoms with Gasteiger partial charge in [0, 0.05) is 19.4 Å². The molecule has 1 heterocycles. The maximum Gasteiger partial charge on any atom is 0.407 e. The van der Waals surface area contributed by atoms with E-state index in [2.05, 4.69) is 34.9 Å². The number of benzene rings is 2. The second kappa shape index (κ2) is 11.1. The molecule has 0 unspecified atom stereocenters. The van der Waals surface area contributed by atoms with E-state index in [0.29, 0.717) is 12.8 Å². The molecule has 0 spiro atoms. The number of carboxylic acids is 1. The van der Waals surface area contributed by atoms with Crippen LogP contribution in [0.15, 0.2) is 48.5 Å². The summed E-state index contributed by atoms with van der Waals surface area (Å²) in [6, 6.07) is 15.1. The Hall–Kier alpha value is -3.04. The van der Waals surface area contributed by atoms with Gasteiger partial charge in [0.1, 0.15) is 6.61 Å². The number of carboxylic acid groups (broad SMARTS) is 1. The van der Waals surface area contributed by atoms with E-state index in [-0.39, 0.29) is 25.6 Å². The number of thioether (sulfide) groups is 1. The van der Waals surface area contributed by atoms with Gasteiger partial charge in [-0.25, -0.2) is 9.59 Å². The van der Waals surface area contributed by atoms with Gasteiger partial charge in [-0.05, 0) is 46.6 Å². The third-order valence-corrected chi connectivity index (χ3v) is 7.61. The SMILES string of the molecule is COC[C@H](NC(=O)CC1(NC(=O)OCC2c3ccccc3-c3ccccc32)CCSCC1)C(=O)O. The lowest BCUT2D eigenvalue weighted by atomic mass is 9.88. The molecule has 9 heteroatoms. The van der Waals surface area contributed by atoms with Crippen LogP contribution < -0.4 is 10.6 Å². The number of carbonyl (C=O) groups is 3. The lowest BCUT2D eigenvalue weighted by molar-refractivity contribution is -0.143. The molecule has 2 amide bonds. The summed E-state index contributed by atoms with van der Waals surface area (Å²) in [6.07, 6.45) is 0.595. The maximum atomic E-state index is 12.9. The molecule has 3 N–H and O–H groups in total. The van der Waals surface area contributed by atoms with E-state index in [9.17, 15) is 19.5 Å². The van der Waals surface area contributed by atoms with Gasteiger partial charge < -0.3 is 25.2 Å². The zero-order valence-corrected chi connectivity index (χ0v) is 20.4. The molecule has 2 aromatic rings.